The summed E-state index contributed by atoms with van der Waals surface area (Å²) in [4.78, 5) is 0. The molecule has 1 aliphatic heterocycles. The van der Waals surface area contributed by atoms with Crippen molar-refractivity contribution in [1.29, 1.82) is 0 Å². The summed E-state index contributed by atoms with van der Waals surface area (Å²) in [5.41, 5.74) is 2.31. The predicted molar refractivity (Wildman–Crippen MR) is 76.3 cm³/mol. The first-order chi connectivity index (χ1) is 9.56. The van der Waals surface area contributed by atoms with Gasteiger partial charge >= 0.3 is 0 Å². The molecule has 2 aromatic rings. The molecule has 20 heavy (non-hydrogen) atoms. The van der Waals surface area contributed by atoms with Crippen molar-refractivity contribution in [2.75, 3.05) is 0 Å². The Labute approximate surface area is 119 Å². The van der Waals surface area contributed by atoms with Crippen LogP contribution in [0.2, 0.25) is 0 Å². The zero-order chi connectivity index (χ0) is 14.3. The van der Waals surface area contributed by atoms with Crippen molar-refractivity contribution in [3.8, 4) is 0 Å². The van der Waals surface area contributed by atoms with E-state index >= 15 is 0 Å². The largest absolute Gasteiger partial charge is 0.314 e. The monoisotopic (exact) mass is 274 g/mol. The lowest BCUT2D eigenvalue weighted by atomic mass is 10.1. The molecule has 6 nitrogen and oxygen atoms in total. The second kappa shape index (κ2) is 5.01. The highest BCUT2D eigenvalue weighted by Crippen LogP contribution is 2.23. The van der Waals surface area contributed by atoms with E-state index in [4.69, 9.17) is 0 Å². The van der Waals surface area contributed by atoms with Crippen molar-refractivity contribution < 1.29 is 0 Å². The Morgan fingerprint density at radius 2 is 2.05 bits per heavy atom. The summed E-state index contributed by atoms with van der Waals surface area (Å²) in [5.74, 6) is 2.17. The second-order valence-corrected chi connectivity index (χ2v) is 5.68. The molecule has 1 aliphatic rings. The number of fused-ring (bicyclic) bond motifs is 1. The number of hydrogen-bond acceptors (Lipinski definition) is 4. The molecule has 0 spiro atoms. The Morgan fingerprint density at radius 1 is 1.25 bits per heavy atom. The third kappa shape index (κ3) is 2.24. The topological polar surface area (TPSA) is 60.6 Å². The number of aryl methyl sites for hydroxylation is 3. The van der Waals surface area contributed by atoms with Gasteiger partial charge in [0.25, 0.3) is 0 Å². The Morgan fingerprint density at radius 3 is 2.75 bits per heavy atom. The van der Waals surface area contributed by atoms with Crippen LogP contribution in [0, 0.1) is 6.92 Å². The summed E-state index contributed by atoms with van der Waals surface area (Å²) in [5, 5.41) is 16.6. The molecular formula is C14H22N6. The van der Waals surface area contributed by atoms with Crippen molar-refractivity contribution in [2.45, 2.75) is 52.2 Å². The van der Waals surface area contributed by atoms with Crippen molar-refractivity contribution in [3.05, 3.63) is 29.1 Å². The van der Waals surface area contributed by atoms with Crippen LogP contribution in [-0.2, 0) is 20.0 Å². The van der Waals surface area contributed by atoms with E-state index in [0.29, 0.717) is 0 Å². The Bertz CT molecular complexity index is 611. The average molecular weight is 274 g/mol. The normalized spacial score (nSPS) is 17.2. The summed E-state index contributed by atoms with van der Waals surface area (Å²) in [6, 6.07) is 0.428. The summed E-state index contributed by atoms with van der Waals surface area (Å²) in [6.07, 6.45) is 4.31. The maximum Gasteiger partial charge on any atom is 0.149 e. The number of hydrogen-bond donors (Lipinski definition) is 1. The number of nitrogens with zero attached hydrogens (tertiary/aromatic N) is 5. The fraction of sp³-hybridized carbons (Fsp3) is 0.643. The van der Waals surface area contributed by atoms with Gasteiger partial charge in [-0.25, -0.2) is 0 Å². The van der Waals surface area contributed by atoms with Crippen LogP contribution in [0.1, 0.15) is 55.3 Å². The highest BCUT2D eigenvalue weighted by Gasteiger charge is 2.23. The molecule has 2 unspecified atom stereocenters. The minimum Gasteiger partial charge on any atom is -0.314 e. The summed E-state index contributed by atoms with van der Waals surface area (Å²) >= 11 is 0. The van der Waals surface area contributed by atoms with Gasteiger partial charge in [-0.1, -0.05) is 0 Å². The van der Waals surface area contributed by atoms with Gasteiger partial charge in [-0.2, -0.15) is 5.10 Å². The quantitative estimate of drug-likeness (QED) is 0.921. The molecule has 0 aromatic carbocycles. The Balaban J connectivity index is 1.75. The van der Waals surface area contributed by atoms with Crippen molar-refractivity contribution in [2.24, 2.45) is 7.05 Å². The van der Waals surface area contributed by atoms with Gasteiger partial charge in [0.05, 0.1) is 11.7 Å². The van der Waals surface area contributed by atoms with E-state index in [1.165, 1.54) is 12.0 Å². The second-order valence-electron chi connectivity index (χ2n) is 5.68. The van der Waals surface area contributed by atoms with Crippen molar-refractivity contribution >= 4 is 0 Å². The molecular weight excluding hydrogens is 252 g/mol. The highest BCUT2D eigenvalue weighted by atomic mass is 15.3. The van der Waals surface area contributed by atoms with Crippen LogP contribution < -0.4 is 5.32 Å². The maximum absolute atomic E-state index is 4.40. The van der Waals surface area contributed by atoms with Gasteiger partial charge in [0.1, 0.15) is 11.6 Å². The van der Waals surface area contributed by atoms with E-state index in [1.807, 2.05) is 18.7 Å². The van der Waals surface area contributed by atoms with Gasteiger partial charge < -0.3 is 9.88 Å². The third-order valence-electron chi connectivity index (χ3n) is 4.04. The van der Waals surface area contributed by atoms with Crippen molar-refractivity contribution in [3.63, 3.8) is 0 Å². The van der Waals surface area contributed by atoms with Crippen LogP contribution in [0.4, 0.5) is 0 Å². The molecule has 2 atom stereocenters. The molecule has 3 rings (SSSR count). The predicted octanol–water partition coefficient (Wildman–Crippen LogP) is 1.68. The molecule has 0 saturated heterocycles. The molecule has 0 aliphatic carbocycles. The summed E-state index contributed by atoms with van der Waals surface area (Å²) < 4.78 is 4.11. The molecule has 0 fully saturated rings. The molecule has 3 heterocycles. The fourth-order valence-corrected chi connectivity index (χ4v) is 3.08. The highest BCUT2D eigenvalue weighted by molar-refractivity contribution is 5.19. The molecule has 2 aromatic heterocycles. The van der Waals surface area contributed by atoms with E-state index in [0.717, 1.165) is 30.3 Å². The first kappa shape index (κ1) is 13.3. The minimum atomic E-state index is 0.184. The SMILES string of the molecule is Cc1nn(C)cc1C(C)NC(C)c1nnc2n1CCC2. The maximum atomic E-state index is 4.40. The number of nitrogens with one attached hydrogen (secondary N) is 1. The van der Waals surface area contributed by atoms with Gasteiger partial charge in [0.15, 0.2) is 0 Å². The van der Waals surface area contributed by atoms with Crippen LogP contribution in [0.3, 0.4) is 0 Å². The first-order valence-electron chi connectivity index (χ1n) is 7.24. The van der Waals surface area contributed by atoms with Crippen molar-refractivity contribution in [1.82, 2.24) is 29.9 Å². The molecule has 0 amide bonds. The lowest BCUT2D eigenvalue weighted by Crippen LogP contribution is -2.25. The van der Waals surface area contributed by atoms with Gasteiger partial charge in [0, 0.05) is 37.8 Å². The summed E-state index contributed by atoms with van der Waals surface area (Å²) in [7, 11) is 1.96. The van der Waals surface area contributed by atoms with Crippen LogP contribution in [0.25, 0.3) is 0 Å². The van der Waals surface area contributed by atoms with Gasteiger partial charge in [0.2, 0.25) is 0 Å². The summed E-state index contributed by atoms with van der Waals surface area (Å²) in [6.45, 7) is 7.41. The number of rotatable bonds is 4. The zero-order valence-corrected chi connectivity index (χ0v) is 12.6. The first-order valence-corrected chi connectivity index (χ1v) is 7.24. The van der Waals surface area contributed by atoms with Gasteiger partial charge in [-0.3, -0.25) is 4.68 Å². The van der Waals surface area contributed by atoms with E-state index in [-0.39, 0.29) is 12.1 Å². The molecule has 6 heteroatoms. The van der Waals surface area contributed by atoms with Crippen LogP contribution in [0.15, 0.2) is 6.20 Å². The lowest BCUT2D eigenvalue weighted by Gasteiger charge is -2.19. The third-order valence-corrected chi connectivity index (χ3v) is 4.04. The molecule has 0 saturated carbocycles. The Kier molecular flexibility index (Phi) is 3.33. The van der Waals surface area contributed by atoms with E-state index in [1.54, 1.807) is 0 Å². The van der Waals surface area contributed by atoms with Crippen LogP contribution in [0.5, 0.6) is 0 Å². The zero-order valence-electron chi connectivity index (χ0n) is 12.6. The van der Waals surface area contributed by atoms with Gasteiger partial charge in [-0.15, -0.1) is 10.2 Å². The Hall–Kier alpha value is -1.69. The molecule has 0 bridgehead atoms. The van der Waals surface area contributed by atoms with E-state index in [2.05, 4.69) is 45.2 Å². The molecule has 0 radical (unpaired) electrons. The minimum absolute atomic E-state index is 0.184. The van der Waals surface area contributed by atoms with Crippen LogP contribution >= 0.6 is 0 Å². The smallest absolute Gasteiger partial charge is 0.149 e. The molecule has 108 valence electrons. The van der Waals surface area contributed by atoms with E-state index in [9.17, 15) is 0 Å². The fourth-order valence-electron chi connectivity index (χ4n) is 3.08. The molecule has 1 N–H and O–H groups in total. The van der Waals surface area contributed by atoms with Gasteiger partial charge in [-0.05, 0) is 27.2 Å². The van der Waals surface area contributed by atoms with E-state index < -0.39 is 0 Å². The number of aromatic nitrogens is 5. The average Bonchev–Trinajstić information content (AvgIpc) is 3.03. The lowest BCUT2D eigenvalue weighted by molar-refractivity contribution is 0.458. The standard InChI is InChI=1S/C14H22N6/c1-9(12-8-19(4)18-10(12)2)15-11(3)14-17-16-13-6-5-7-20(13)14/h8-9,11,15H,5-7H2,1-4H3. The van der Waals surface area contributed by atoms with Crippen LogP contribution in [-0.4, -0.2) is 24.5 Å².